The molecule has 0 aliphatic heterocycles. The van der Waals surface area contributed by atoms with Crippen LogP contribution in [0.25, 0.3) is 6.08 Å². The molecule has 0 atom stereocenters. The molecule has 22 heavy (non-hydrogen) atoms. The Morgan fingerprint density at radius 1 is 1.09 bits per heavy atom. The van der Waals surface area contributed by atoms with Gasteiger partial charge in [-0.3, -0.25) is 14.9 Å². The quantitative estimate of drug-likeness (QED) is 0.506. The molecule has 2 aromatic carbocycles. The third kappa shape index (κ3) is 4.86. The molecule has 0 unspecified atom stereocenters. The molecule has 0 fully saturated rings. The number of hydrogen-bond acceptors (Lipinski definition) is 3. The van der Waals surface area contributed by atoms with Crippen LogP contribution in [0.4, 0.5) is 5.69 Å². The van der Waals surface area contributed by atoms with Gasteiger partial charge in [0.25, 0.3) is 5.69 Å². The number of amides is 1. The van der Waals surface area contributed by atoms with E-state index >= 15 is 0 Å². The SMILES string of the molecule is O=C(/C=C/c1ccccc1)NCCc1ccc([N+](=O)[O-])cc1. The van der Waals surface area contributed by atoms with Crippen LogP contribution in [0.1, 0.15) is 11.1 Å². The maximum Gasteiger partial charge on any atom is 0.269 e. The highest BCUT2D eigenvalue weighted by atomic mass is 16.6. The van der Waals surface area contributed by atoms with Gasteiger partial charge >= 0.3 is 0 Å². The average Bonchev–Trinajstić information content (AvgIpc) is 2.54. The number of carbonyl (C=O) groups is 1. The maximum absolute atomic E-state index is 11.7. The first-order valence-corrected chi connectivity index (χ1v) is 6.89. The number of nitrogens with zero attached hydrogens (tertiary/aromatic N) is 1. The summed E-state index contributed by atoms with van der Waals surface area (Å²) in [6.07, 6.45) is 3.87. The lowest BCUT2D eigenvalue weighted by molar-refractivity contribution is -0.384. The normalized spacial score (nSPS) is 10.5. The van der Waals surface area contributed by atoms with Gasteiger partial charge in [0.2, 0.25) is 5.91 Å². The average molecular weight is 296 g/mol. The van der Waals surface area contributed by atoms with Gasteiger partial charge in [0.05, 0.1) is 4.92 Å². The van der Waals surface area contributed by atoms with Crippen LogP contribution in [0, 0.1) is 10.1 Å². The van der Waals surface area contributed by atoms with Gasteiger partial charge in [0.1, 0.15) is 0 Å². The summed E-state index contributed by atoms with van der Waals surface area (Å²) in [4.78, 5) is 21.8. The summed E-state index contributed by atoms with van der Waals surface area (Å²) in [6, 6.07) is 15.9. The molecule has 1 N–H and O–H groups in total. The standard InChI is InChI=1S/C17H16N2O3/c20-17(11-8-14-4-2-1-3-5-14)18-13-12-15-6-9-16(10-7-15)19(21)22/h1-11H,12-13H2,(H,18,20)/b11-8+. The third-order valence-electron chi connectivity index (χ3n) is 3.09. The highest BCUT2D eigenvalue weighted by molar-refractivity contribution is 5.91. The summed E-state index contributed by atoms with van der Waals surface area (Å²) in [5.74, 6) is -0.161. The van der Waals surface area contributed by atoms with Crippen LogP contribution in [0.15, 0.2) is 60.7 Å². The van der Waals surface area contributed by atoms with Crippen LogP contribution >= 0.6 is 0 Å². The molecule has 0 aliphatic carbocycles. The molecule has 0 heterocycles. The molecule has 5 nitrogen and oxygen atoms in total. The van der Waals surface area contributed by atoms with E-state index < -0.39 is 4.92 Å². The van der Waals surface area contributed by atoms with Crippen molar-refractivity contribution in [1.82, 2.24) is 5.32 Å². The van der Waals surface area contributed by atoms with E-state index in [0.29, 0.717) is 13.0 Å². The van der Waals surface area contributed by atoms with Crippen LogP contribution in [0.2, 0.25) is 0 Å². The first kappa shape index (κ1) is 15.4. The van der Waals surface area contributed by atoms with E-state index in [1.807, 2.05) is 30.3 Å². The Balaban J connectivity index is 1.77. The van der Waals surface area contributed by atoms with E-state index in [1.54, 1.807) is 18.2 Å². The van der Waals surface area contributed by atoms with Gasteiger partial charge in [-0.15, -0.1) is 0 Å². The summed E-state index contributed by atoms with van der Waals surface area (Å²) in [5, 5.41) is 13.3. The van der Waals surface area contributed by atoms with Gasteiger partial charge < -0.3 is 5.32 Å². The zero-order valence-electron chi connectivity index (χ0n) is 11.9. The molecule has 2 aromatic rings. The Morgan fingerprint density at radius 3 is 2.41 bits per heavy atom. The maximum atomic E-state index is 11.7. The van der Waals surface area contributed by atoms with Gasteiger partial charge in [-0.05, 0) is 23.6 Å². The molecule has 0 aliphatic rings. The van der Waals surface area contributed by atoms with E-state index in [0.717, 1.165) is 11.1 Å². The molecule has 0 saturated heterocycles. The van der Waals surface area contributed by atoms with Gasteiger partial charge in [-0.25, -0.2) is 0 Å². The minimum absolute atomic E-state index is 0.0681. The number of non-ortho nitro benzene ring substituents is 1. The van der Waals surface area contributed by atoms with Crippen LogP contribution in [0.5, 0.6) is 0 Å². The zero-order chi connectivity index (χ0) is 15.8. The number of rotatable bonds is 6. The van der Waals surface area contributed by atoms with E-state index in [1.165, 1.54) is 18.2 Å². The van der Waals surface area contributed by atoms with Crippen molar-refractivity contribution in [2.24, 2.45) is 0 Å². The molecule has 0 bridgehead atoms. The van der Waals surface area contributed by atoms with E-state index in [9.17, 15) is 14.9 Å². The van der Waals surface area contributed by atoms with Crippen molar-refractivity contribution in [1.29, 1.82) is 0 Å². The lowest BCUT2D eigenvalue weighted by Crippen LogP contribution is -2.23. The fourth-order valence-corrected chi connectivity index (χ4v) is 1.91. The van der Waals surface area contributed by atoms with Crippen LogP contribution in [-0.4, -0.2) is 17.4 Å². The summed E-state index contributed by atoms with van der Waals surface area (Å²) in [6.45, 7) is 0.482. The molecule has 5 heteroatoms. The van der Waals surface area contributed by atoms with Crippen molar-refractivity contribution < 1.29 is 9.72 Å². The van der Waals surface area contributed by atoms with Crippen molar-refractivity contribution in [3.8, 4) is 0 Å². The summed E-state index contributed by atoms with van der Waals surface area (Å²) < 4.78 is 0. The number of hydrogen-bond donors (Lipinski definition) is 1. The van der Waals surface area contributed by atoms with Crippen LogP contribution in [0.3, 0.4) is 0 Å². The second-order valence-corrected chi connectivity index (χ2v) is 4.71. The molecular weight excluding hydrogens is 280 g/mol. The van der Waals surface area contributed by atoms with E-state index in [2.05, 4.69) is 5.32 Å². The number of nitro benzene ring substituents is 1. The Labute approximate surface area is 128 Å². The summed E-state index contributed by atoms with van der Waals surface area (Å²) >= 11 is 0. The lowest BCUT2D eigenvalue weighted by atomic mass is 10.1. The van der Waals surface area contributed by atoms with Crippen molar-refractivity contribution in [2.75, 3.05) is 6.54 Å². The Hall–Kier alpha value is -2.95. The minimum Gasteiger partial charge on any atom is -0.352 e. The molecule has 0 radical (unpaired) electrons. The third-order valence-corrected chi connectivity index (χ3v) is 3.09. The van der Waals surface area contributed by atoms with Gasteiger partial charge in [0.15, 0.2) is 0 Å². The fourth-order valence-electron chi connectivity index (χ4n) is 1.91. The van der Waals surface area contributed by atoms with E-state index in [-0.39, 0.29) is 11.6 Å². The smallest absolute Gasteiger partial charge is 0.269 e. The van der Waals surface area contributed by atoms with Gasteiger partial charge in [-0.1, -0.05) is 42.5 Å². The number of carbonyl (C=O) groups excluding carboxylic acids is 1. The monoisotopic (exact) mass is 296 g/mol. The minimum atomic E-state index is -0.431. The number of benzene rings is 2. The van der Waals surface area contributed by atoms with Gasteiger partial charge in [-0.2, -0.15) is 0 Å². The second-order valence-electron chi connectivity index (χ2n) is 4.71. The van der Waals surface area contributed by atoms with E-state index in [4.69, 9.17) is 0 Å². The molecule has 0 saturated carbocycles. The Morgan fingerprint density at radius 2 is 1.77 bits per heavy atom. The predicted octanol–water partition coefficient (Wildman–Crippen LogP) is 2.97. The molecule has 0 aromatic heterocycles. The first-order valence-electron chi connectivity index (χ1n) is 6.89. The fraction of sp³-hybridized carbons (Fsp3) is 0.118. The molecule has 2 rings (SSSR count). The zero-order valence-corrected chi connectivity index (χ0v) is 11.9. The highest BCUT2D eigenvalue weighted by Gasteiger charge is 2.03. The van der Waals surface area contributed by atoms with Crippen LogP contribution < -0.4 is 5.32 Å². The summed E-state index contributed by atoms with van der Waals surface area (Å²) in [7, 11) is 0. The largest absolute Gasteiger partial charge is 0.352 e. The topological polar surface area (TPSA) is 72.2 Å². The van der Waals surface area contributed by atoms with Crippen molar-refractivity contribution in [2.45, 2.75) is 6.42 Å². The number of nitro groups is 1. The van der Waals surface area contributed by atoms with Crippen LogP contribution in [-0.2, 0) is 11.2 Å². The molecular formula is C17H16N2O3. The molecule has 1 amide bonds. The van der Waals surface area contributed by atoms with Gasteiger partial charge in [0, 0.05) is 24.8 Å². The molecule has 0 spiro atoms. The second kappa shape index (κ2) is 7.73. The lowest BCUT2D eigenvalue weighted by Gasteiger charge is -2.02. The Bertz CT molecular complexity index is 664. The number of nitrogens with one attached hydrogen (secondary N) is 1. The highest BCUT2D eigenvalue weighted by Crippen LogP contribution is 2.11. The summed E-state index contributed by atoms with van der Waals surface area (Å²) in [5.41, 5.74) is 1.98. The Kier molecular flexibility index (Phi) is 5.43. The van der Waals surface area contributed by atoms with Crippen molar-refractivity contribution in [3.63, 3.8) is 0 Å². The molecule has 112 valence electrons. The van der Waals surface area contributed by atoms with Crippen molar-refractivity contribution in [3.05, 3.63) is 81.9 Å². The predicted molar refractivity (Wildman–Crippen MR) is 85.3 cm³/mol. The first-order chi connectivity index (χ1) is 10.6. The van der Waals surface area contributed by atoms with Crippen molar-refractivity contribution >= 4 is 17.7 Å².